The quantitative estimate of drug-likeness (QED) is 0.903. The number of nitrogens with one attached hydrogen (secondary N) is 1. The first-order chi connectivity index (χ1) is 12.0. The van der Waals surface area contributed by atoms with Crippen molar-refractivity contribution in [3.05, 3.63) is 30.1 Å². The minimum Gasteiger partial charge on any atom is -0.390 e. The number of hydrogen-bond donors (Lipinski definition) is 2. The largest absolute Gasteiger partial charge is 0.390 e. The molecule has 0 radical (unpaired) electrons. The molecule has 6 rings (SSSR count). The Kier molecular flexibility index (Phi) is 3.26. The molecule has 2 aliphatic carbocycles. The Morgan fingerprint density at radius 2 is 2.16 bits per heavy atom. The number of H-pyrrole nitrogens is 1. The summed E-state index contributed by atoms with van der Waals surface area (Å²) in [6, 6.07) is 4.51. The molecule has 25 heavy (non-hydrogen) atoms. The van der Waals surface area contributed by atoms with E-state index in [0.717, 1.165) is 43.1 Å². The molecule has 4 aliphatic rings. The molecule has 2 aromatic heterocycles. The van der Waals surface area contributed by atoms with Gasteiger partial charge in [0.15, 0.2) is 0 Å². The van der Waals surface area contributed by atoms with Crippen LogP contribution in [-0.4, -0.2) is 43.6 Å². The lowest BCUT2D eigenvalue weighted by molar-refractivity contribution is -0.174. The molecule has 2 N–H and O–H groups in total. The summed E-state index contributed by atoms with van der Waals surface area (Å²) in [7, 11) is 0. The Morgan fingerprint density at radius 3 is 2.88 bits per heavy atom. The molecule has 2 aliphatic heterocycles. The number of pyridine rings is 1. The van der Waals surface area contributed by atoms with Crippen LogP contribution in [0.25, 0.3) is 11.0 Å². The molecule has 4 fully saturated rings. The number of aromatic nitrogens is 2. The van der Waals surface area contributed by atoms with Gasteiger partial charge in [0.05, 0.1) is 5.60 Å². The van der Waals surface area contributed by atoms with Crippen LogP contribution >= 0.6 is 0 Å². The number of carbonyl (C=O) groups is 1. The van der Waals surface area contributed by atoms with E-state index in [4.69, 9.17) is 0 Å². The molecule has 5 nitrogen and oxygen atoms in total. The lowest BCUT2D eigenvalue weighted by Crippen LogP contribution is -2.65. The highest BCUT2D eigenvalue weighted by Gasteiger charge is 2.54. The zero-order valence-corrected chi connectivity index (χ0v) is 14.6. The predicted octanol–water partition coefficient (Wildman–Crippen LogP) is 2.96. The highest BCUT2D eigenvalue weighted by molar-refractivity contribution is 5.83. The maximum Gasteiger partial charge on any atom is 0.223 e. The van der Waals surface area contributed by atoms with Gasteiger partial charge in [-0.25, -0.2) is 4.98 Å². The first kappa shape index (κ1) is 15.4. The molecule has 4 bridgehead atoms. The van der Waals surface area contributed by atoms with Crippen molar-refractivity contribution >= 4 is 16.9 Å². The standard InChI is InChI=1S/C20H25N3O2/c1-12(17-11-22-19-16(17)3-2-4-21-19)5-18(24)23-14-6-13-7-15(23)10-20(25,8-13)9-14/h2-4,11-15,25H,5-10H2,1H3,(H,21,22). The van der Waals surface area contributed by atoms with Crippen molar-refractivity contribution in [2.45, 2.75) is 69.1 Å². The van der Waals surface area contributed by atoms with E-state index in [-0.39, 0.29) is 23.9 Å². The van der Waals surface area contributed by atoms with E-state index in [9.17, 15) is 9.90 Å². The van der Waals surface area contributed by atoms with Crippen LogP contribution in [-0.2, 0) is 4.79 Å². The van der Waals surface area contributed by atoms with Gasteiger partial charge in [0, 0.05) is 36.3 Å². The molecule has 3 atom stereocenters. The number of fused-ring (bicyclic) bond motifs is 1. The average molecular weight is 339 g/mol. The van der Waals surface area contributed by atoms with Gasteiger partial charge in [-0.3, -0.25) is 4.79 Å². The van der Waals surface area contributed by atoms with Crippen LogP contribution in [0.5, 0.6) is 0 Å². The maximum atomic E-state index is 13.1. The van der Waals surface area contributed by atoms with Crippen LogP contribution in [0.1, 0.15) is 56.9 Å². The van der Waals surface area contributed by atoms with E-state index in [0.29, 0.717) is 12.3 Å². The first-order valence-electron chi connectivity index (χ1n) is 9.48. The Hall–Kier alpha value is -1.88. The molecule has 0 aromatic carbocycles. The van der Waals surface area contributed by atoms with E-state index in [1.54, 1.807) is 6.20 Å². The molecule has 3 unspecified atom stereocenters. The van der Waals surface area contributed by atoms with Crippen molar-refractivity contribution < 1.29 is 9.90 Å². The number of amides is 1. The van der Waals surface area contributed by atoms with Crippen LogP contribution in [0.15, 0.2) is 24.5 Å². The van der Waals surface area contributed by atoms with Crippen LogP contribution in [0.2, 0.25) is 0 Å². The van der Waals surface area contributed by atoms with Gasteiger partial charge in [-0.15, -0.1) is 0 Å². The minimum atomic E-state index is -0.499. The van der Waals surface area contributed by atoms with E-state index >= 15 is 0 Å². The third kappa shape index (κ3) is 2.40. The van der Waals surface area contributed by atoms with Gasteiger partial charge in [-0.2, -0.15) is 0 Å². The second-order valence-corrected chi connectivity index (χ2v) is 8.53. The number of nitrogens with zero attached hydrogens (tertiary/aromatic N) is 2. The Balaban J connectivity index is 1.35. The van der Waals surface area contributed by atoms with Gasteiger partial charge >= 0.3 is 0 Å². The molecule has 132 valence electrons. The van der Waals surface area contributed by atoms with E-state index in [1.165, 1.54) is 5.56 Å². The highest BCUT2D eigenvalue weighted by atomic mass is 16.3. The summed E-state index contributed by atoms with van der Waals surface area (Å²) in [6.07, 6.45) is 8.95. The number of aliphatic hydroxyl groups is 1. The molecular weight excluding hydrogens is 314 g/mol. The second kappa shape index (κ2) is 5.31. The lowest BCUT2D eigenvalue weighted by Gasteiger charge is -2.59. The predicted molar refractivity (Wildman–Crippen MR) is 95.1 cm³/mol. The monoisotopic (exact) mass is 339 g/mol. The topological polar surface area (TPSA) is 69.2 Å². The smallest absolute Gasteiger partial charge is 0.223 e. The van der Waals surface area contributed by atoms with Gasteiger partial charge in [0.1, 0.15) is 5.65 Å². The van der Waals surface area contributed by atoms with Crippen molar-refractivity contribution in [3.8, 4) is 0 Å². The molecule has 2 saturated carbocycles. The van der Waals surface area contributed by atoms with Gasteiger partial charge in [-0.1, -0.05) is 6.92 Å². The van der Waals surface area contributed by atoms with Crippen LogP contribution in [0.3, 0.4) is 0 Å². The summed E-state index contributed by atoms with van der Waals surface area (Å²) in [5, 5.41) is 11.8. The summed E-state index contributed by atoms with van der Waals surface area (Å²) in [5.41, 5.74) is 1.55. The second-order valence-electron chi connectivity index (χ2n) is 8.53. The average Bonchev–Trinajstić information content (AvgIpc) is 2.96. The Morgan fingerprint density at radius 1 is 1.40 bits per heavy atom. The van der Waals surface area contributed by atoms with Crippen LogP contribution in [0, 0.1) is 5.92 Å². The zero-order valence-electron chi connectivity index (χ0n) is 14.6. The molecule has 1 amide bonds. The van der Waals surface area contributed by atoms with Gasteiger partial charge in [-0.05, 0) is 61.6 Å². The molecular formula is C20H25N3O2. The summed E-state index contributed by atoms with van der Waals surface area (Å²) in [6.45, 7) is 2.12. The molecule has 2 aromatic rings. The summed E-state index contributed by atoms with van der Waals surface area (Å²) in [4.78, 5) is 22.8. The fraction of sp³-hybridized carbons (Fsp3) is 0.600. The van der Waals surface area contributed by atoms with Gasteiger partial charge < -0.3 is 15.0 Å². The molecule has 4 heterocycles. The molecule has 0 spiro atoms. The summed E-state index contributed by atoms with van der Waals surface area (Å²) in [5.74, 6) is 1.03. The summed E-state index contributed by atoms with van der Waals surface area (Å²) < 4.78 is 0. The fourth-order valence-corrected chi connectivity index (χ4v) is 5.86. The fourth-order valence-electron chi connectivity index (χ4n) is 5.86. The Bertz CT molecular complexity index is 813. The number of aromatic amines is 1. The van der Waals surface area contributed by atoms with Crippen LogP contribution in [0.4, 0.5) is 0 Å². The number of piperidine rings is 2. The van der Waals surface area contributed by atoms with Crippen molar-refractivity contribution in [3.63, 3.8) is 0 Å². The van der Waals surface area contributed by atoms with Gasteiger partial charge in [0.2, 0.25) is 5.91 Å². The lowest BCUT2D eigenvalue weighted by atomic mass is 9.61. The minimum absolute atomic E-state index is 0.158. The van der Waals surface area contributed by atoms with E-state index < -0.39 is 5.60 Å². The molecule has 5 heteroatoms. The van der Waals surface area contributed by atoms with E-state index in [2.05, 4.69) is 27.9 Å². The molecule has 2 saturated heterocycles. The number of hydrogen-bond acceptors (Lipinski definition) is 3. The summed E-state index contributed by atoms with van der Waals surface area (Å²) >= 11 is 0. The van der Waals surface area contributed by atoms with E-state index in [1.807, 2.05) is 12.3 Å². The zero-order chi connectivity index (χ0) is 17.2. The van der Waals surface area contributed by atoms with Crippen molar-refractivity contribution in [2.24, 2.45) is 5.92 Å². The normalized spacial score (nSPS) is 34.6. The first-order valence-corrected chi connectivity index (χ1v) is 9.48. The highest BCUT2D eigenvalue weighted by Crippen LogP contribution is 2.51. The van der Waals surface area contributed by atoms with Crippen molar-refractivity contribution in [2.75, 3.05) is 0 Å². The maximum absolute atomic E-state index is 13.1. The number of carbonyl (C=O) groups excluding carboxylic acids is 1. The third-order valence-electron chi connectivity index (χ3n) is 6.68. The SMILES string of the molecule is CC(CC(=O)N1C2CC3CC1CC(O)(C3)C2)c1c[nH]c2ncccc12. The Labute approximate surface area is 147 Å². The van der Waals surface area contributed by atoms with Crippen molar-refractivity contribution in [1.82, 2.24) is 14.9 Å². The number of rotatable bonds is 3. The van der Waals surface area contributed by atoms with Gasteiger partial charge in [0.25, 0.3) is 0 Å². The third-order valence-corrected chi connectivity index (χ3v) is 6.68. The van der Waals surface area contributed by atoms with Crippen molar-refractivity contribution in [1.29, 1.82) is 0 Å². The van der Waals surface area contributed by atoms with Crippen LogP contribution < -0.4 is 0 Å².